The van der Waals surface area contributed by atoms with Crippen molar-refractivity contribution >= 4 is 47.3 Å². The van der Waals surface area contributed by atoms with Crippen molar-refractivity contribution in [1.29, 1.82) is 0 Å². The molecule has 0 aliphatic carbocycles. The van der Waals surface area contributed by atoms with E-state index < -0.39 is 11.0 Å². The Morgan fingerprint density at radius 3 is 2.17 bits per heavy atom. The maximum absolute atomic E-state index is 6.20. The van der Waals surface area contributed by atoms with Crippen LogP contribution in [0.25, 0.3) is 0 Å². The van der Waals surface area contributed by atoms with E-state index in [0.29, 0.717) is 11.2 Å². The molecule has 12 heavy (non-hydrogen) atoms. The van der Waals surface area contributed by atoms with E-state index in [4.69, 9.17) is 31.8 Å². The molecule has 0 unspecified atom stereocenters. The molecule has 0 aliphatic heterocycles. The Balaban J connectivity index is 2.82. The molecule has 0 saturated carbocycles. The summed E-state index contributed by atoms with van der Waals surface area (Å²) in [6.45, 7) is 0. The number of hydrogen-bond acceptors (Lipinski definition) is 0. The van der Waals surface area contributed by atoms with Crippen LogP contribution in [0.15, 0.2) is 30.3 Å². The second-order valence-corrected chi connectivity index (χ2v) is 13.2. The standard InChI is InChI=1S/C8H9Cl3Se/c9-6-7-12(10,11)8-4-2-1-3-5-8/h1-5H,6-7H2. The normalized spacial score (nSPS) is 12.9. The molecule has 68 valence electrons. The molecule has 1 aromatic carbocycles. The fourth-order valence-corrected chi connectivity index (χ4v) is 6.79. The van der Waals surface area contributed by atoms with Gasteiger partial charge in [-0.1, -0.05) is 0 Å². The number of rotatable bonds is 3. The van der Waals surface area contributed by atoms with E-state index in [1.54, 1.807) is 0 Å². The molecule has 0 spiro atoms. The van der Waals surface area contributed by atoms with Gasteiger partial charge in [-0.25, -0.2) is 0 Å². The van der Waals surface area contributed by atoms with Crippen LogP contribution in [0, 0.1) is 0 Å². The van der Waals surface area contributed by atoms with Crippen molar-refractivity contribution in [3.63, 3.8) is 0 Å². The van der Waals surface area contributed by atoms with E-state index in [2.05, 4.69) is 0 Å². The van der Waals surface area contributed by atoms with Gasteiger partial charge in [-0.05, 0) is 0 Å². The van der Waals surface area contributed by atoms with Gasteiger partial charge in [-0.3, -0.25) is 0 Å². The first-order valence-electron chi connectivity index (χ1n) is 3.48. The number of halogens is 3. The predicted octanol–water partition coefficient (Wildman–Crippen LogP) is 3.05. The van der Waals surface area contributed by atoms with E-state index in [9.17, 15) is 0 Å². The Hall–Kier alpha value is 0.609. The molecule has 0 saturated heterocycles. The number of alkyl halides is 1. The van der Waals surface area contributed by atoms with Crippen LogP contribution in [0.4, 0.5) is 0 Å². The average Bonchev–Trinajstić information content (AvgIpc) is 2.06. The van der Waals surface area contributed by atoms with Gasteiger partial charge in [0, 0.05) is 0 Å². The summed E-state index contributed by atoms with van der Waals surface area (Å²) in [6, 6.07) is 9.77. The Morgan fingerprint density at radius 1 is 1.08 bits per heavy atom. The van der Waals surface area contributed by atoms with E-state index in [0.717, 1.165) is 4.46 Å². The van der Waals surface area contributed by atoms with Crippen molar-refractivity contribution in [2.75, 3.05) is 5.88 Å². The summed E-state index contributed by atoms with van der Waals surface area (Å²) in [5, 5.41) is 0.713. The molecule has 0 heterocycles. The van der Waals surface area contributed by atoms with Crippen LogP contribution in [0.5, 0.6) is 0 Å². The van der Waals surface area contributed by atoms with E-state index in [1.807, 2.05) is 30.3 Å². The third kappa shape index (κ3) is 2.83. The zero-order valence-corrected chi connectivity index (χ0v) is 10.3. The predicted molar refractivity (Wildman–Crippen MR) is 59.1 cm³/mol. The summed E-state index contributed by atoms with van der Waals surface area (Å²) in [4.78, 5) is 0. The molecule has 4 heteroatoms. The molecule has 0 nitrogen and oxygen atoms in total. The summed E-state index contributed by atoms with van der Waals surface area (Å²) in [5.74, 6) is 0.530. The van der Waals surface area contributed by atoms with Crippen LogP contribution < -0.4 is 4.46 Å². The molecule has 0 N–H and O–H groups in total. The van der Waals surface area contributed by atoms with Gasteiger partial charge in [0.2, 0.25) is 0 Å². The van der Waals surface area contributed by atoms with Gasteiger partial charge in [0.25, 0.3) is 0 Å². The molecule has 0 aromatic heterocycles. The van der Waals surface area contributed by atoms with Gasteiger partial charge in [0.15, 0.2) is 0 Å². The molecular weight excluding hydrogens is 281 g/mol. The fourth-order valence-electron chi connectivity index (χ4n) is 0.834. The van der Waals surface area contributed by atoms with E-state index in [-0.39, 0.29) is 0 Å². The van der Waals surface area contributed by atoms with Gasteiger partial charge >= 0.3 is 88.8 Å². The van der Waals surface area contributed by atoms with Crippen LogP contribution in [0.2, 0.25) is 5.32 Å². The molecule has 0 fully saturated rings. The second-order valence-electron chi connectivity index (χ2n) is 2.28. The Morgan fingerprint density at radius 2 is 1.67 bits per heavy atom. The monoisotopic (exact) mass is 290 g/mol. The SMILES string of the molecule is ClCC[Se](Cl)(Cl)c1ccccc1. The van der Waals surface area contributed by atoms with Crippen molar-refractivity contribution in [2.24, 2.45) is 0 Å². The molecule has 0 amide bonds. The minimum atomic E-state index is -2.44. The van der Waals surface area contributed by atoms with E-state index in [1.165, 1.54) is 0 Å². The van der Waals surface area contributed by atoms with Crippen LogP contribution >= 0.6 is 31.8 Å². The first kappa shape index (κ1) is 10.7. The molecule has 0 bridgehead atoms. The number of hydrogen-bond donors (Lipinski definition) is 0. The van der Waals surface area contributed by atoms with Gasteiger partial charge in [-0.15, -0.1) is 0 Å². The molecule has 0 atom stereocenters. The van der Waals surface area contributed by atoms with Gasteiger partial charge in [0.1, 0.15) is 0 Å². The number of benzene rings is 1. The third-order valence-corrected chi connectivity index (χ3v) is 9.10. The van der Waals surface area contributed by atoms with Gasteiger partial charge < -0.3 is 0 Å². The fraction of sp³-hybridized carbons (Fsp3) is 0.250. The molecular formula is C8H9Cl3Se. The molecule has 1 rings (SSSR count). The van der Waals surface area contributed by atoms with Crippen molar-refractivity contribution < 1.29 is 0 Å². The third-order valence-electron chi connectivity index (χ3n) is 1.42. The minimum absolute atomic E-state index is 0.530. The molecule has 1 aromatic rings. The Bertz CT molecular complexity index is 235. The second kappa shape index (κ2) is 4.74. The Kier molecular flexibility index (Phi) is 4.22. The zero-order chi connectivity index (χ0) is 9.03. The van der Waals surface area contributed by atoms with Crippen LogP contribution in [0.1, 0.15) is 0 Å². The van der Waals surface area contributed by atoms with Crippen molar-refractivity contribution in [3.05, 3.63) is 30.3 Å². The van der Waals surface area contributed by atoms with Crippen molar-refractivity contribution in [1.82, 2.24) is 0 Å². The van der Waals surface area contributed by atoms with Crippen molar-refractivity contribution in [2.45, 2.75) is 5.32 Å². The zero-order valence-electron chi connectivity index (χ0n) is 6.34. The summed E-state index contributed by atoms with van der Waals surface area (Å²) in [6.07, 6.45) is 0. The molecule has 0 radical (unpaired) electrons. The van der Waals surface area contributed by atoms with Crippen LogP contribution in [-0.2, 0) is 0 Å². The summed E-state index contributed by atoms with van der Waals surface area (Å²) < 4.78 is 1.05. The molecule has 0 aliphatic rings. The quantitative estimate of drug-likeness (QED) is 0.593. The summed E-state index contributed by atoms with van der Waals surface area (Å²) >= 11 is 3.16. The topological polar surface area (TPSA) is 0 Å². The van der Waals surface area contributed by atoms with E-state index >= 15 is 0 Å². The van der Waals surface area contributed by atoms with Crippen LogP contribution in [-0.4, -0.2) is 16.9 Å². The summed E-state index contributed by atoms with van der Waals surface area (Å²) in [5.41, 5.74) is 0. The van der Waals surface area contributed by atoms with Gasteiger partial charge in [0.05, 0.1) is 0 Å². The van der Waals surface area contributed by atoms with Gasteiger partial charge in [-0.2, -0.15) is 0 Å². The van der Waals surface area contributed by atoms with Crippen LogP contribution in [0.3, 0.4) is 0 Å². The Labute approximate surface area is 88.5 Å². The van der Waals surface area contributed by atoms with Crippen molar-refractivity contribution in [3.8, 4) is 0 Å². The average molecular weight is 290 g/mol. The first-order chi connectivity index (χ1) is 5.67. The summed E-state index contributed by atoms with van der Waals surface area (Å²) in [7, 11) is 12.4. The first-order valence-corrected chi connectivity index (χ1v) is 10.6. The maximum atomic E-state index is 6.20.